The molecule has 20 heavy (non-hydrogen) atoms. The minimum absolute atomic E-state index is 0.0580. The van der Waals surface area contributed by atoms with Crippen molar-refractivity contribution in [3.8, 4) is 0 Å². The van der Waals surface area contributed by atoms with E-state index in [0.29, 0.717) is 13.0 Å². The van der Waals surface area contributed by atoms with Crippen LogP contribution in [0.2, 0.25) is 0 Å². The van der Waals surface area contributed by atoms with E-state index in [0.717, 1.165) is 12.2 Å². The van der Waals surface area contributed by atoms with Crippen LogP contribution in [0, 0.1) is 0 Å². The van der Waals surface area contributed by atoms with Gasteiger partial charge < -0.3 is 15.6 Å². The molecule has 1 heterocycles. The number of rotatable bonds is 6. The van der Waals surface area contributed by atoms with E-state index in [2.05, 4.69) is 9.97 Å². The number of H-pyrrole nitrogens is 1. The zero-order chi connectivity index (χ0) is 14.4. The fourth-order valence-electron chi connectivity index (χ4n) is 2.06. The Morgan fingerprint density at radius 1 is 1.40 bits per heavy atom. The number of amides is 1. The van der Waals surface area contributed by atoms with Gasteiger partial charge in [-0.2, -0.15) is 0 Å². The summed E-state index contributed by atoms with van der Waals surface area (Å²) in [6.45, 7) is 0.449. The number of hydrogen-bond acceptors (Lipinski definition) is 3. The molecule has 0 saturated heterocycles. The van der Waals surface area contributed by atoms with Gasteiger partial charge in [-0.15, -0.1) is 0 Å². The maximum atomic E-state index is 12.1. The summed E-state index contributed by atoms with van der Waals surface area (Å²) in [6.07, 6.45) is 4.86. The van der Waals surface area contributed by atoms with Gasteiger partial charge in [-0.3, -0.25) is 4.79 Å². The van der Waals surface area contributed by atoms with Crippen LogP contribution in [0.15, 0.2) is 42.7 Å². The molecule has 0 unspecified atom stereocenters. The number of carbonyl (C=O) groups excluding carboxylic acids is 1. The van der Waals surface area contributed by atoms with E-state index in [1.807, 2.05) is 30.3 Å². The Kier molecular flexibility index (Phi) is 4.90. The highest BCUT2D eigenvalue weighted by atomic mass is 16.2. The van der Waals surface area contributed by atoms with Crippen molar-refractivity contribution < 1.29 is 4.79 Å². The van der Waals surface area contributed by atoms with E-state index in [1.54, 1.807) is 24.3 Å². The summed E-state index contributed by atoms with van der Waals surface area (Å²) in [5.41, 5.74) is 7.17. The fourth-order valence-corrected chi connectivity index (χ4v) is 2.06. The predicted octanol–water partition coefficient (Wildman–Crippen LogP) is 1.33. The summed E-state index contributed by atoms with van der Waals surface area (Å²) in [4.78, 5) is 20.8. The maximum Gasteiger partial charge on any atom is 0.239 e. The average Bonchev–Trinajstić information content (AvgIpc) is 2.98. The molecule has 5 nitrogen and oxygen atoms in total. The van der Waals surface area contributed by atoms with Gasteiger partial charge in [0.15, 0.2) is 0 Å². The number of aromatic nitrogens is 2. The summed E-state index contributed by atoms with van der Waals surface area (Å²) in [5, 5.41) is 0. The number of nitrogens with zero attached hydrogens (tertiary/aromatic N) is 2. The molecule has 5 heteroatoms. The Hall–Kier alpha value is -2.14. The minimum atomic E-state index is -0.477. The van der Waals surface area contributed by atoms with Crippen molar-refractivity contribution in [2.24, 2.45) is 5.73 Å². The third-order valence-corrected chi connectivity index (χ3v) is 3.22. The molecule has 1 aromatic heterocycles. The number of aromatic amines is 1. The zero-order valence-corrected chi connectivity index (χ0v) is 11.6. The predicted molar refractivity (Wildman–Crippen MR) is 77.8 cm³/mol. The molecule has 2 aromatic rings. The lowest BCUT2D eigenvalue weighted by Gasteiger charge is -2.20. The van der Waals surface area contributed by atoms with Gasteiger partial charge in [-0.05, 0) is 18.4 Å². The number of nitrogens with one attached hydrogen (secondary N) is 1. The van der Waals surface area contributed by atoms with Crippen molar-refractivity contribution in [1.82, 2.24) is 14.9 Å². The average molecular weight is 272 g/mol. The molecule has 0 aliphatic rings. The number of aryl methyl sites for hydroxylation is 1. The molecule has 0 radical (unpaired) electrons. The van der Waals surface area contributed by atoms with Gasteiger partial charge in [0.1, 0.15) is 5.82 Å². The molecular formula is C15H20N4O. The van der Waals surface area contributed by atoms with Crippen molar-refractivity contribution >= 4 is 5.91 Å². The van der Waals surface area contributed by atoms with E-state index in [4.69, 9.17) is 5.73 Å². The highest BCUT2D eigenvalue weighted by molar-refractivity contribution is 5.81. The third-order valence-electron chi connectivity index (χ3n) is 3.22. The number of imidazole rings is 1. The van der Waals surface area contributed by atoms with Crippen LogP contribution in [-0.4, -0.2) is 33.9 Å². The normalized spacial score (nSPS) is 12.1. The molecule has 0 aliphatic heterocycles. The Morgan fingerprint density at radius 3 is 2.80 bits per heavy atom. The van der Waals surface area contributed by atoms with Gasteiger partial charge in [0.2, 0.25) is 5.91 Å². The summed E-state index contributed by atoms with van der Waals surface area (Å²) >= 11 is 0. The first kappa shape index (κ1) is 14.3. The standard InChI is InChI=1S/C15H20N4O/c1-19(11-14-17-9-10-18-14)15(20)13(16)8-7-12-5-3-2-4-6-12/h2-6,9-10,13H,7-8,11,16H2,1H3,(H,17,18)/t13-/m0/s1. The van der Waals surface area contributed by atoms with E-state index in [9.17, 15) is 4.79 Å². The molecule has 0 aliphatic carbocycles. The van der Waals surface area contributed by atoms with Crippen molar-refractivity contribution in [2.75, 3.05) is 7.05 Å². The van der Waals surface area contributed by atoms with Crippen LogP contribution in [0.3, 0.4) is 0 Å². The Labute approximate surface area is 118 Å². The maximum absolute atomic E-state index is 12.1. The van der Waals surface area contributed by atoms with Crippen molar-refractivity contribution in [2.45, 2.75) is 25.4 Å². The zero-order valence-electron chi connectivity index (χ0n) is 11.6. The minimum Gasteiger partial charge on any atom is -0.347 e. The summed E-state index contributed by atoms with van der Waals surface area (Å²) in [6, 6.07) is 9.58. The van der Waals surface area contributed by atoms with Crippen molar-refractivity contribution in [3.05, 3.63) is 54.1 Å². The molecule has 0 saturated carbocycles. The molecule has 0 spiro atoms. The van der Waals surface area contributed by atoms with Gasteiger partial charge in [0.25, 0.3) is 0 Å². The number of benzene rings is 1. The second-order valence-electron chi connectivity index (χ2n) is 4.86. The van der Waals surface area contributed by atoms with Crippen LogP contribution in [0.25, 0.3) is 0 Å². The smallest absolute Gasteiger partial charge is 0.239 e. The molecule has 106 valence electrons. The fraction of sp³-hybridized carbons (Fsp3) is 0.333. The lowest BCUT2D eigenvalue weighted by atomic mass is 10.1. The lowest BCUT2D eigenvalue weighted by Crippen LogP contribution is -2.41. The number of nitrogens with two attached hydrogens (primary N) is 1. The highest BCUT2D eigenvalue weighted by Crippen LogP contribution is 2.06. The second-order valence-corrected chi connectivity index (χ2v) is 4.86. The first-order valence-electron chi connectivity index (χ1n) is 6.69. The number of hydrogen-bond donors (Lipinski definition) is 2. The third kappa shape index (κ3) is 3.93. The van der Waals surface area contributed by atoms with E-state index >= 15 is 0 Å². The molecule has 1 aromatic carbocycles. The highest BCUT2D eigenvalue weighted by Gasteiger charge is 2.18. The van der Waals surface area contributed by atoms with Crippen LogP contribution in [0.5, 0.6) is 0 Å². The number of likely N-dealkylation sites (N-methyl/N-ethyl adjacent to an activating group) is 1. The van der Waals surface area contributed by atoms with Crippen LogP contribution in [0.1, 0.15) is 17.8 Å². The number of carbonyl (C=O) groups is 1. The van der Waals surface area contributed by atoms with E-state index in [1.165, 1.54) is 5.56 Å². The Morgan fingerprint density at radius 2 is 2.15 bits per heavy atom. The van der Waals surface area contributed by atoms with Crippen molar-refractivity contribution in [3.63, 3.8) is 0 Å². The molecule has 0 bridgehead atoms. The topological polar surface area (TPSA) is 75.0 Å². The molecule has 3 N–H and O–H groups in total. The van der Waals surface area contributed by atoms with Gasteiger partial charge in [0.05, 0.1) is 12.6 Å². The monoisotopic (exact) mass is 272 g/mol. The lowest BCUT2D eigenvalue weighted by molar-refractivity contribution is -0.132. The first-order valence-corrected chi connectivity index (χ1v) is 6.69. The van der Waals surface area contributed by atoms with Gasteiger partial charge in [0, 0.05) is 19.4 Å². The second kappa shape index (κ2) is 6.86. The van der Waals surface area contributed by atoms with Crippen LogP contribution >= 0.6 is 0 Å². The van der Waals surface area contributed by atoms with Crippen LogP contribution in [0.4, 0.5) is 0 Å². The summed E-state index contributed by atoms with van der Waals surface area (Å²) in [7, 11) is 1.74. The van der Waals surface area contributed by atoms with Gasteiger partial charge >= 0.3 is 0 Å². The van der Waals surface area contributed by atoms with Crippen LogP contribution in [-0.2, 0) is 17.8 Å². The van der Waals surface area contributed by atoms with Crippen LogP contribution < -0.4 is 5.73 Å². The Balaban J connectivity index is 1.82. The van der Waals surface area contributed by atoms with Gasteiger partial charge in [-0.1, -0.05) is 30.3 Å². The molecular weight excluding hydrogens is 252 g/mol. The molecule has 2 rings (SSSR count). The quantitative estimate of drug-likeness (QED) is 0.833. The molecule has 1 amide bonds. The summed E-state index contributed by atoms with van der Waals surface area (Å²) in [5.74, 6) is 0.702. The Bertz CT molecular complexity index is 524. The largest absolute Gasteiger partial charge is 0.347 e. The first-order chi connectivity index (χ1) is 9.66. The van der Waals surface area contributed by atoms with Crippen molar-refractivity contribution in [1.29, 1.82) is 0 Å². The van der Waals surface area contributed by atoms with E-state index in [-0.39, 0.29) is 5.91 Å². The summed E-state index contributed by atoms with van der Waals surface area (Å²) < 4.78 is 0. The van der Waals surface area contributed by atoms with E-state index < -0.39 is 6.04 Å². The molecule has 0 fully saturated rings. The SMILES string of the molecule is CN(Cc1ncc[nH]1)C(=O)[C@@H](N)CCc1ccccc1. The molecule has 1 atom stereocenters. The van der Waals surface area contributed by atoms with Gasteiger partial charge in [-0.25, -0.2) is 4.98 Å².